The van der Waals surface area contributed by atoms with Gasteiger partial charge in [0, 0.05) is 23.3 Å². The quantitative estimate of drug-likeness (QED) is 0.861. The minimum Gasteiger partial charge on any atom is -0.327 e. The lowest BCUT2D eigenvalue weighted by Crippen LogP contribution is -2.25. The molecule has 2 N–H and O–H groups in total. The molecule has 0 spiro atoms. The maximum Gasteiger partial charge on any atom is 0.0944 e. The van der Waals surface area contributed by atoms with Crippen LogP contribution in [0.2, 0.25) is 10.0 Å². The second-order valence-electron chi connectivity index (χ2n) is 6.29. The minimum absolute atomic E-state index is 0.0289. The summed E-state index contributed by atoms with van der Waals surface area (Å²) in [7, 11) is 0. The fourth-order valence-electron chi connectivity index (χ4n) is 2.01. The average Bonchev–Trinajstić information content (AvgIpc) is 2.82. The molecule has 114 valence electrons. The predicted molar refractivity (Wildman–Crippen MR) is 92.7 cm³/mol. The molecule has 1 heterocycles. The molecular weight excluding hydrogens is 323 g/mol. The maximum atomic E-state index is 6.23. The van der Waals surface area contributed by atoms with Gasteiger partial charge in [-0.05, 0) is 24.1 Å². The topological polar surface area (TPSA) is 38.9 Å². The van der Waals surface area contributed by atoms with Gasteiger partial charge in [0.1, 0.15) is 0 Å². The summed E-state index contributed by atoms with van der Waals surface area (Å²) in [4.78, 5) is 4.69. The van der Waals surface area contributed by atoms with Crippen molar-refractivity contribution in [1.29, 1.82) is 0 Å². The molecule has 2 rings (SSSR count). The van der Waals surface area contributed by atoms with Crippen LogP contribution in [0, 0.1) is 0 Å². The Labute approximate surface area is 140 Å². The zero-order valence-electron chi connectivity index (χ0n) is 12.5. The summed E-state index contributed by atoms with van der Waals surface area (Å²) >= 11 is 13.6. The summed E-state index contributed by atoms with van der Waals surface area (Å²) in [6.45, 7) is 6.50. The Hall–Kier alpha value is -0.610. The summed E-state index contributed by atoms with van der Waals surface area (Å²) in [5, 5.41) is 4.36. The lowest BCUT2D eigenvalue weighted by Gasteiger charge is -2.14. The van der Waals surface area contributed by atoms with Crippen molar-refractivity contribution >= 4 is 34.5 Å². The van der Waals surface area contributed by atoms with E-state index in [4.69, 9.17) is 28.9 Å². The van der Waals surface area contributed by atoms with E-state index in [-0.39, 0.29) is 11.5 Å². The van der Waals surface area contributed by atoms with Crippen molar-refractivity contribution in [2.75, 3.05) is 0 Å². The summed E-state index contributed by atoms with van der Waals surface area (Å²) < 4.78 is 0. The number of hydrogen-bond acceptors (Lipinski definition) is 3. The van der Waals surface area contributed by atoms with Crippen molar-refractivity contribution in [3.05, 3.63) is 49.9 Å². The van der Waals surface area contributed by atoms with Crippen molar-refractivity contribution in [2.45, 2.75) is 45.1 Å². The molecule has 2 nitrogen and oxygen atoms in total. The van der Waals surface area contributed by atoms with E-state index >= 15 is 0 Å². The van der Waals surface area contributed by atoms with Gasteiger partial charge >= 0.3 is 0 Å². The van der Waals surface area contributed by atoms with Crippen LogP contribution in [0.4, 0.5) is 0 Å². The SMILES string of the molecule is CC(C)(C)c1csc(CC(N)Cc2ccc(Cl)c(Cl)c2)n1. The highest BCUT2D eigenvalue weighted by molar-refractivity contribution is 7.09. The van der Waals surface area contributed by atoms with E-state index in [0.29, 0.717) is 10.0 Å². The standard InChI is InChI=1S/C16H20Cl2N2S/c1-16(2,3)14-9-21-15(20-14)8-11(19)6-10-4-5-12(17)13(18)7-10/h4-5,7,9,11H,6,8,19H2,1-3H3. The lowest BCUT2D eigenvalue weighted by atomic mass is 9.93. The van der Waals surface area contributed by atoms with Gasteiger partial charge in [0.25, 0.3) is 0 Å². The number of halogens is 2. The monoisotopic (exact) mass is 342 g/mol. The number of aromatic nitrogens is 1. The zero-order valence-corrected chi connectivity index (χ0v) is 14.8. The molecule has 1 unspecified atom stereocenters. The molecule has 5 heteroatoms. The highest BCUT2D eigenvalue weighted by Crippen LogP contribution is 2.25. The Bertz CT molecular complexity index is 617. The van der Waals surface area contributed by atoms with Gasteiger partial charge in [-0.25, -0.2) is 4.98 Å². The second kappa shape index (κ2) is 6.66. The molecule has 0 amide bonds. The van der Waals surface area contributed by atoms with Crippen LogP contribution >= 0.6 is 34.5 Å². The van der Waals surface area contributed by atoms with Crippen LogP contribution < -0.4 is 5.73 Å². The van der Waals surface area contributed by atoms with Crippen LogP contribution in [-0.4, -0.2) is 11.0 Å². The molecule has 2 aromatic rings. The van der Waals surface area contributed by atoms with Crippen LogP contribution in [0.3, 0.4) is 0 Å². The summed E-state index contributed by atoms with van der Waals surface area (Å²) in [6.07, 6.45) is 1.54. The fourth-order valence-corrected chi connectivity index (χ4v) is 3.45. The number of thiazole rings is 1. The fraction of sp³-hybridized carbons (Fsp3) is 0.438. The molecule has 0 aliphatic rings. The molecule has 0 aliphatic carbocycles. The molecular formula is C16H20Cl2N2S. The van der Waals surface area contributed by atoms with Gasteiger partial charge in [-0.1, -0.05) is 50.0 Å². The van der Waals surface area contributed by atoms with Gasteiger partial charge in [0.2, 0.25) is 0 Å². The summed E-state index contributed by atoms with van der Waals surface area (Å²) in [6, 6.07) is 5.69. The highest BCUT2D eigenvalue weighted by atomic mass is 35.5. The van der Waals surface area contributed by atoms with Crippen LogP contribution in [0.5, 0.6) is 0 Å². The van der Waals surface area contributed by atoms with Crippen molar-refractivity contribution < 1.29 is 0 Å². The third-order valence-corrected chi connectivity index (χ3v) is 4.85. The third kappa shape index (κ3) is 4.68. The molecule has 1 atom stereocenters. The lowest BCUT2D eigenvalue weighted by molar-refractivity contribution is 0.567. The molecule has 0 aliphatic heterocycles. The Morgan fingerprint density at radius 3 is 2.48 bits per heavy atom. The number of hydrogen-bond donors (Lipinski definition) is 1. The zero-order chi connectivity index (χ0) is 15.6. The first-order valence-corrected chi connectivity index (χ1v) is 8.53. The van der Waals surface area contributed by atoms with Crippen molar-refractivity contribution in [2.24, 2.45) is 5.73 Å². The molecule has 0 radical (unpaired) electrons. The molecule has 1 aromatic heterocycles. The van der Waals surface area contributed by atoms with Crippen LogP contribution in [0.15, 0.2) is 23.6 Å². The molecule has 0 saturated carbocycles. The Kier molecular flexibility index (Phi) is 5.31. The Morgan fingerprint density at radius 2 is 1.90 bits per heavy atom. The molecule has 1 aromatic carbocycles. The van der Waals surface area contributed by atoms with Crippen LogP contribution in [0.25, 0.3) is 0 Å². The van der Waals surface area contributed by atoms with E-state index in [0.717, 1.165) is 29.1 Å². The van der Waals surface area contributed by atoms with Crippen LogP contribution in [0.1, 0.15) is 37.0 Å². The largest absolute Gasteiger partial charge is 0.327 e. The highest BCUT2D eigenvalue weighted by Gasteiger charge is 2.18. The maximum absolute atomic E-state index is 6.23. The number of nitrogens with two attached hydrogens (primary N) is 1. The summed E-state index contributed by atoms with van der Waals surface area (Å²) in [5.41, 5.74) is 8.55. The van der Waals surface area contributed by atoms with Crippen LogP contribution in [-0.2, 0) is 18.3 Å². The van der Waals surface area contributed by atoms with Gasteiger partial charge in [-0.2, -0.15) is 0 Å². The first-order valence-electron chi connectivity index (χ1n) is 6.90. The van der Waals surface area contributed by atoms with Gasteiger partial charge < -0.3 is 5.73 Å². The first kappa shape index (κ1) is 16.8. The van der Waals surface area contributed by atoms with Crippen molar-refractivity contribution in [3.8, 4) is 0 Å². The van der Waals surface area contributed by atoms with Gasteiger partial charge in [-0.3, -0.25) is 0 Å². The normalized spacial score (nSPS) is 13.4. The molecule has 0 bridgehead atoms. The van der Waals surface area contributed by atoms with Gasteiger partial charge in [-0.15, -0.1) is 11.3 Å². The number of rotatable bonds is 4. The number of benzene rings is 1. The van der Waals surface area contributed by atoms with Crippen molar-refractivity contribution in [1.82, 2.24) is 4.98 Å². The summed E-state index contributed by atoms with van der Waals surface area (Å²) in [5.74, 6) is 0. The predicted octanol–water partition coefficient (Wildman–Crippen LogP) is 4.86. The Balaban J connectivity index is 1.99. The first-order chi connectivity index (χ1) is 9.75. The minimum atomic E-state index is 0.0289. The van der Waals surface area contributed by atoms with E-state index < -0.39 is 0 Å². The molecule has 0 saturated heterocycles. The third-order valence-electron chi connectivity index (χ3n) is 3.24. The smallest absolute Gasteiger partial charge is 0.0944 e. The van der Waals surface area contributed by atoms with Gasteiger partial charge in [0.05, 0.1) is 20.7 Å². The molecule has 0 fully saturated rings. The van der Waals surface area contributed by atoms with E-state index in [1.807, 2.05) is 18.2 Å². The number of nitrogens with zero attached hydrogens (tertiary/aromatic N) is 1. The van der Waals surface area contributed by atoms with Crippen molar-refractivity contribution in [3.63, 3.8) is 0 Å². The second-order valence-corrected chi connectivity index (χ2v) is 8.05. The van der Waals surface area contributed by atoms with E-state index in [2.05, 4.69) is 31.1 Å². The van der Waals surface area contributed by atoms with E-state index in [1.54, 1.807) is 11.3 Å². The Morgan fingerprint density at radius 1 is 1.19 bits per heavy atom. The average molecular weight is 343 g/mol. The van der Waals surface area contributed by atoms with Gasteiger partial charge in [0.15, 0.2) is 0 Å². The van der Waals surface area contributed by atoms with E-state index in [1.165, 1.54) is 0 Å². The van der Waals surface area contributed by atoms with E-state index in [9.17, 15) is 0 Å². The molecule has 21 heavy (non-hydrogen) atoms.